The van der Waals surface area contributed by atoms with Crippen LogP contribution in [0.4, 0.5) is 11.4 Å². The number of nitro groups is 1. The Kier molecular flexibility index (Phi) is 10.4. The SMILES string of the molecule is CC[C@H](C(=O)NC(C)C)N(Cc1ccc(OC)cc1)C(=O)CN(c1ccc([N+](=O)[O-])cc1)S(=O)(=O)c1ccccc1. The quantitative estimate of drug-likeness (QED) is 0.236. The van der Waals surface area contributed by atoms with Gasteiger partial charge in [0, 0.05) is 24.7 Å². The van der Waals surface area contributed by atoms with E-state index in [9.17, 15) is 28.1 Å². The molecule has 0 spiro atoms. The Morgan fingerprint density at radius 3 is 2.10 bits per heavy atom. The molecule has 218 valence electrons. The fourth-order valence-corrected chi connectivity index (χ4v) is 5.65. The standard InChI is InChI=1S/C29H34N4O7S/c1-5-27(29(35)30-21(2)3)31(19-22-11-17-25(40-4)18-12-22)28(34)20-32(23-13-15-24(16-14-23)33(36)37)41(38,39)26-9-7-6-8-10-26/h6-18,21,27H,5,19-20H2,1-4H3,(H,30,35)/t27-/m1/s1. The van der Waals surface area contributed by atoms with Crippen LogP contribution in [0.15, 0.2) is 83.8 Å². The highest BCUT2D eigenvalue weighted by atomic mass is 32.2. The molecule has 0 aliphatic heterocycles. The van der Waals surface area contributed by atoms with Crippen molar-refractivity contribution in [3.63, 3.8) is 0 Å². The monoisotopic (exact) mass is 582 g/mol. The van der Waals surface area contributed by atoms with Gasteiger partial charge in [-0.05, 0) is 62.2 Å². The number of amides is 2. The van der Waals surface area contributed by atoms with E-state index in [1.54, 1.807) is 49.4 Å². The van der Waals surface area contributed by atoms with Gasteiger partial charge < -0.3 is 15.0 Å². The molecule has 3 aromatic carbocycles. The van der Waals surface area contributed by atoms with Crippen molar-refractivity contribution in [3.05, 3.63) is 94.5 Å². The predicted octanol–water partition coefficient (Wildman–Crippen LogP) is 4.13. The second kappa shape index (κ2) is 13.8. The Labute approximate surface area is 239 Å². The van der Waals surface area contributed by atoms with Crippen molar-refractivity contribution in [2.24, 2.45) is 0 Å². The Bertz CT molecular complexity index is 1440. The normalized spacial score (nSPS) is 11.9. The lowest BCUT2D eigenvalue weighted by Gasteiger charge is -2.33. The number of sulfonamides is 1. The Hall–Kier alpha value is -4.45. The van der Waals surface area contributed by atoms with Gasteiger partial charge >= 0.3 is 0 Å². The zero-order valence-corrected chi connectivity index (χ0v) is 24.2. The third kappa shape index (κ3) is 7.82. The van der Waals surface area contributed by atoms with Crippen LogP contribution in [-0.4, -0.2) is 55.8 Å². The van der Waals surface area contributed by atoms with E-state index in [2.05, 4.69) is 5.32 Å². The first-order chi connectivity index (χ1) is 19.5. The molecule has 41 heavy (non-hydrogen) atoms. The molecule has 3 aromatic rings. The highest BCUT2D eigenvalue weighted by Crippen LogP contribution is 2.27. The molecule has 0 aliphatic rings. The van der Waals surface area contributed by atoms with Crippen molar-refractivity contribution in [1.82, 2.24) is 10.2 Å². The van der Waals surface area contributed by atoms with Crippen LogP contribution in [0, 0.1) is 10.1 Å². The van der Waals surface area contributed by atoms with Crippen LogP contribution < -0.4 is 14.4 Å². The molecule has 1 N–H and O–H groups in total. The average molecular weight is 583 g/mol. The third-order valence-corrected chi connectivity index (χ3v) is 8.08. The molecular formula is C29H34N4O7S. The summed E-state index contributed by atoms with van der Waals surface area (Å²) in [4.78, 5) is 39.1. The lowest BCUT2D eigenvalue weighted by atomic mass is 10.1. The van der Waals surface area contributed by atoms with Crippen molar-refractivity contribution < 1.29 is 27.7 Å². The van der Waals surface area contributed by atoms with Gasteiger partial charge in [0.05, 0.1) is 22.6 Å². The first-order valence-corrected chi connectivity index (χ1v) is 14.5. The number of benzene rings is 3. The summed E-state index contributed by atoms with van der Waals surface area (Å²) in [5.41, 5.74) is 0.550. The van der Waals surface area contributed by atoms with Crippen molar-refractivity contribution in [2.75, 3.05) is 18.0 Å². The summed E-state index contributed by atoms with van der Waals surface area (Å²) in [6, 6.07) is 18.4. The van der Waals surface area contributed by atoms with E-state index in [1.165, 1.54) is 48.4 Å². The maximum Gasteiger partial charge on any atom is 0.269 e. The van der Waals surface area contributed by atoms with Crippen molar-refractivity contribution in [1.29, 1.82) is 0 Å². The van der Waals surface area contributed by atoms with E-state index in [0.29, 0.717) is 11.3 Å². The number of anilines is 1. The van der Waals surface area contributed by atoms with Crippen molar-refractivity contribution in [2.45, 2.75) is 50.7 Å². The van der Waals surface area contributed by atoms with Crippen LogP contribution in [0.2, 0.25) is 0 Å². The molecule has 1 atom stereocenters. The van der Waals surface area contributed by atoms with Crippen LogP contribution in [-0.2, 0) is 26.2 Å². The second-order valence-electron chi connectivity index (χ2n) is 9.56. The Morgan fingerprint density at radius 1 is 0.976 bits per heavy atom. The van der Waals surface area contributed by atoms with Crippen LogP contribution in [0.1, 0.15) is 32.8 Å². The van der Waals surface area contributed by atoms with Gasteiger partial charge in [0.15, 0.2) is 0 Å². The largest absolute Gasteiger partial charge is 0.497 e. The van der Waals surface area contributed by atoms with E-state index in [1.807, 2.05) is 13.8 Å². The van der Waals surface area contributed by atoms with Crippen molar-refractivity contribution in [3.8, 4) is 5.75 Å². The molecule has 3 rings (SSSR count). The van der Waals surface area contributed by atoms with E-state index in [0.717, 1.165) is 4.31 Å². The minimum atomic E-state index is -4.27. The van der Waals surface area contributed by atoms with Crippen LogP contribution in [0.25, 0.3) is 0 Å². The summed E-state index contributed by atoms with van der Waals surface area (Å²) >= 11 is 0. The number of nitrogens with zero attached hydrogens (tertiary/aromatic N) is 3. The number of methoxy groups -OCH3 is 1. The molecule has 0 saturated heterocycles. The van der Waals surface area contributed by atoms with Gasteiger partial charge in [-0.1, -0.05) is 37.3 Å². The van der Waals surface area contributed by atoms with Crippen molar-refractivity contribution >= 4 is 33.2 Å². The number of nitrogens with one attached hydrogen (secondary N) is 1. The van der Waals surface area contributed by atoms with Crippen LogP contribution >= 0.6 is 0 Å². The average Bonchev–Trinajstić information content (AvgIpc) is 2.96. The summed E-state index contributed by atoms with van der Waals surface area (Å²) < 4.78 is 33.7. The third-order valence-electron chi connectivity index (χ3n) is 6.29. The number of ether oxygens (including phenoxy) is 1. The van der Waals surface area contributed by atoms with Gasteiger partial charge in [-0.2, -0.15) is 0 Å². The molecular weight excluding hydrogens is 548 g/mol. The Balaban J connectivity index is 2.06. The first kappa shape index (κ1) is 31.1. The Morgan fingerprint density at radius 2 is 1.59 bits per heavy atom. The molecule has 0 bridgehead atoms. The number of hydrogen-bond donors (Lipinski definition) is 1. The molecule has 0 radical (unpaired) electrons. The van der Waals surface area contributed by atoms with E-state index < -0.39 is 33.4 Å². The maximum atomic E-state index is 14.0. The molecule has 0 unspecified atom stereocenters. The van der Waals surface area contributed by atoms with E-state index >= 15 is 0 Å². The topological polar surface area (TPSA) is 139 Å². The number of rotatable bonds is 13. The molecule has 0 aromatic heterocycles. The van der Waals surface area contributed by atoms with Gasteiger partial charge in [-0.3, -0.25) is 24.0 Å². The fraction of sp³-hybridized carbons (Fsp3) is 0.310. The molecule has 12 heteroatoms. The van der Waals surface area contributed by atoms with E-state index in [4.69, 9.17) is 4.74 Å². The van der Waals surface area contributed by atoms with Gasteiger partial charge in [0.1, 0.15) is 18.3 Å². The molecule has 11 nitrogen and oxygen atoms in total. The smallest absolute Gasteiger partial charge is 0.269 e. The maximum absolute atomic E-state index is 14.0. The number of carbonyl (C=O) groups is 2. The summed E-state index contributed by atoms with van der Waals surface area (Å²) in [5, 5.41) is 14.0. The lowest BCUT2D eigenvalue weighted by Crippen LogP contribution is -2.53. The highest BCUT2D eigenvalue weighted by Gasteiger charge is 2.34. The van der Waals surface area contributed by atoms with Gasteiger partial charge in [0.25, 0.3) is 15.7 Å². The lowest BCUT2D eigenvalue weighted by molar-refractivity contribution is -0.384. The number of non-ortho nitro benzene ring substituents is 1. The zero-order chi connectivity index (χ0) is 30.2. The van der Waals surface area contributed by atoms with Crippen LogP contribution in [0.3, 0.4) is 0 Å². The van der Waals surface area contributed by atoms with E-state index in [-0.39, 0.29) is 41.2 Å². The molecule has 0 aliphatic carbocycles. The zero-order valence-electron chi connectivity index (χ0n) is 23.4. The summed E-state index contributed by atoms with van der Waals surface area (Å²) in [6.07, 6.45) is 0.281. The number of hydrogen-bond acceptors (Lipinski definition) is 7. The second-order valence-corrected chi connectivity index (χ2v) is 11.4. The van der Waals surface area contributed by atoms with Gasteiger partial charge in [-0.15, -0.1) is 0 Å². The molecule has 0 saturated carbocycles. The molecule has 2 amide bonds. The summed E-state index contributed by atoms with van der Waals surface area (Å²) in [6.45, 7) is 4.78. The van der Waals surface area contributed by atoms with Crippen LogP contribution in [0.5, 0.6) is 5.75 Å². The minimum Gasteiger partial charge on any atom is -0.497 e. The molecule has 0 fully saturated rings. The first-order valence-electron chi connectivity index (χ1n) is 13.0. The summed E-state index contributed by atoms with van der Waals surface area (Å²) in [5.74, 6) is -0.365. The number of nitro benzene ring substituents is 1. The predicted molar refractivity (Wildman–Crippen MR) is 155 cm³/mol. The summed E-state index contributed by atoms with van der Waals surface area (Å²) in [7, 11) is -2.73. The van der Waals surface area contributed by atoms with Gasteiger partial charge in [-0.25, -0.2) is 8.42 Å². The fourth-order valence-electron chi connectivity index (χ4n) is 4.22. The highest BCUT2D eigenvalue weighted by molar-refractivity contribution is 7.92. The van der Waals surface area contributed by atoms with Gasteiger partial charge in [0.2, 0.25) is 11.8 Å². The minimum absolute atomic E-state index is 0.0341. The molecule has 0 heterocycles. The number of carbonyl (C=O) groups excluding carboxylic acids is 2.